The van der Waals surface area contributed by atoms with Crippen LogP contribution in [-0.4, -0.2) is 39.5 Å². The number of nitrogens with zero attached hydrogens (tertiary/aromatic N) is 3. The van der Waals surface area contributed by atoms with Crippen LogP contribution >= 0.6 is 34.4 Å². The second-order valence-corrected chi connectivity index (χ2v) is 12.2. The lowest BCUT2D eigenvalue weighted by Gasteiger charge is -2.10. The van der Waals surface area contributed by atoms with E-state index in [1.54, 1.807) is 11.3 Å². The maximum absolute atomic E-state index is 13.0. The van der Waals surface area contributed by atoms with Crippen molar-refractivity contribution in [1.29, 1.82) is 0 Å². The van der Waals surface area contributed by atoms with Crippen molar-refractivity contribution in [3.8, 4) is 22.5 Å². The number of thiophene rings is 2. The molecule has 1 amide bonds. The molecule has 0 bridgehead atoms. The number of amides is 1. The number of thioether (sulfide) groups is 1. The summed E-state index contributed by atoms with van der Waals surface area (Å²) in [5, 5.41) is 15.4. The van der Waals surface area contributed by atoms with Crippen molar-refractivity contribution in [2.45, 2.75) is 57.7 Å². The van der Waals surface area contributed by atoms with Gasteiger partial charge in [0.1, 0.15) is 5.00 Å². The number of rotatable bonds is 8. The average molecular weight is 567 g/mol. The fourth-order valence-corrected chi connectivity index (χ4v) is 7.86. The Labute approximate surface area is 234 Å². The quantitative estimate of drug-likeness (QED) is 0.143. The van der Waals surface area contributed by atoms with Crippen molar-refractivity contribution in [1.82, 2.24) is 14.8 Å². The summed E-state index contributed by atoms with van der Waals surface area (Å²) in [7, 11) is 1.39. The summed E-state index contributed by atoms with van der Waals surface area (Å²) < 4.78 is 7.12. The minimum Gasteiger partial charge on any atom is -0.465 e. The van der Waals surface area contributed by atoms with E-state index in [1.807, 2.05) is 18.2 Å². The summed E-state index contributed by atoms with van der Waals surface area (Å²) in [5.74, 6) is 0.395. The molecular formula is C28H30N4O3S3. The smallest absolute Gasteiger partial charge is 0.341 e. The summed E-state index contributed by atoms with van der Waals surface area (Å²) >= 11 is 4.55. The first kappa shape index (κ1) is 26.6. The summed E-state index contributed by atoms with van der Waals surface area (Å²) in [5.41, 5.74) is 4.93. The lowest BCUT2D eigenvalue weighted by Crippen LogP contribution is -2.16. The molecule has 7 nitrogen and oxygen atoms in total. The molecule has 0 saturated carbocycles. The summed E-state index contributed by atoms with van der Waals surface area (Å²) in [6, 6.07) is 10.3. The third kappa shape index (κ3) is 5.30. The van der Waals surface area contributed by atoms with Crippen LogP contribution in [0.4, 0.5) is 5.00 Å². The molecule has 0 aliphatic heterocycles. The Bertz CT molecular complexity index is 1460. The predicted molar refractivity (Wildman–Crippen MR) is 155 cm³/mol. The Balaban J connectivity index is 1.35. The fourth-order valence-electron chi connectivity index (χ4n) is 4.90. The second-order valence-electron chi connectivity index (χ2n) is 9.09. The average Bonchev–Trinajstić information content (AvgIpc) is 3.56. The number of anilines is 1. The van der Waals surface area contributed by atoms with Gasteiger partial charge in [0, 0.05) is 32.8 Å². The molecule has 3 aromatic heterocycles. The number of nitrogens with one attached hydrogen (secondary N) is 1. The number of aryl methyl sites for hydroxylation is 2. The molecule has 3 heterocycles. The molecule has 1 aliphatic carbocycles. The number of benzene rings is 1. The van der Waals surface area contributed by atoms with Crippen LogP contribution in [0, 0.1) is 6.92 Å². The number of hydrogen-bond donors (Lipinski definition) is 1. The first-order valence-corrected chi connectivity index (χ1v) is 15.4. The van der Waals surface area contributed by atoms with Crippen LogP contribution in [0.2, 0.25) is 0 Å². The minimum atomic E-state index is -0.386. The SMILES string of the molecule is CCn1c(SCC(=O)Nc2sc3c(c2C(=O)OC)CCCCC3)nnc1-c1csc(C)c1-c1ccccc1. The third-order valence-electron chi connectivity index (χ3n) is 6.71. The lowest BCUT2D eigenvalue weighted by molar-refractivity contribution is -0.113. The number of ether oxygens (including phenoxy) is 1. The molecule has 4 aromatic rings. The highest BCUT2D eigenvalue weighted by Crippen LogP contribution is 2.40. The van der Waals surface area contributed by atoms with Crippen LogP contribution in [-0.2, 0) is 28.9 Å². The zero-order valence-electron chi connectivity index (χ0n) is 21.7. The molecule has 38 heavy (non-hydrogen) atoms. The summed E-state index contributed by atoms with van der Waals surface area (Å²) in [4.78, 5) is 28.0. The van der Waals surface area contributed by atoms with E-state index in [2.05, 4.69) is 51.4 Å². The minimum absolute atomic E-state index is 0.162. The highest BCUT2D eigenvalue weighted by atomic mass is 32.2. The van der Waals surface area contributed by atoms with Crippen LogP contribution in [0.1, 0.15) is 51.9 Å². The van der Waals surface area contributed by atoms with Crippen molar-refractivity contribution in [3.05, 3.63) is 56.6 Å². The van der Waals surface area contributed by atoms with Gasteiger partial charge in [-0.25, -0.2) is 4.79 Å². The van der Waals surface area contributed by atoms with Gasteiger partial charge < -0.3 is 14.6 Å². The van der Waals surface area contributed by atoms with Gasteiger partial charge in [-0.3, -0.25) is 4.79 Å². The lowest BCUT2D eigenvalue weighted by atomic mass is 10.0. The molecule has 0 unspecified atom stereocenters. The van der Waals surface area contributed by atoms with E-state index in [1.165, 1.54) is 45.5 Å². The van der Waals surface area contributed by atoms with Crippen LogP contribution in [0.5, 0.6) is 0 Å². The van der Waals surface area contributed by atoms with Crippen molar-refractivity contribution in [3.63, 3.8) is 0 Å². The van der Waals surface area contributed by atoms with Crippen molar-refractivity contribution in [2.75, 3.05) is 18.2 Å². The Kier molecular flexibility index (Phi) is 8.30. The van der Waals surface area contributed by atoms with E-state index in [4.69, 9.17) is 4.74 Å². The molecule has 5 rings (SSSR count). The molecule has 0 radical (unpaired) electrons. The third-order valence-corrected chi connectivity index (χ3v) is 9.79. The van der Waals surface area contributed by atoms with Gasteiger partial charge in [-0.2, -0.15) is 0 Å². The molecule has 10 heteroatoms. The van der Waals surface area contributed by atoms with Crippen LogP contribution in [0.3, 0.4) is 0 Å². The molecule has 0 saturated heterocycles. The highest BCUT2D eigenvalue weighted by molar-refractivity contribution is 7.99. The predicted octanol–water partition coefficient (Wildman–Crippen LogP) is 6.85. The molecule has 1 aromatic carbocycles. The zero-order chi connectivity index (χ0) is 26.6. The van der Waals surface area contributed by atoms with Gasteiger partial charge in [0.2, 0.25) is 5.91 Å². The van der Waals surface area contributed by atoms with Crippen LogP contribution in [0.25, 0.3) is 22.5 Å². The van der Waals surface area contributed by atoms with E-state index in [9.17, 15) is 9.59 Å². The molecule has 0 spiro atoms. The number of methoxy groups -OCH3 is 1. The number of esters is 1. The van der Waals surface area contributed by atoms with E-state index in [-0.39, 0.29) is 17.6 Å². The fraction of sp³-hybridized carbons (Fsp3) is 0.357. The summed E-state index contributed by atoms with van der Waals surface area (Å²) in [6.45, 7) is 4.86. The van der Waals surface area contributed by atoms with Gasteiger partial charge in [-0.05, 0) is 50.7 Å². The van der Waals surface area contributed by atoms with Gasteiger partial charge in [0.15, 0.2) is 11.0 Å². The van der Waals surface area contributed by atoms with E-state index >= 15 is 0 Å². The normalized spacial score (nSPS) is 13.1. The standard InChI is InChI=1S/C28H30N4O3S3/c1-4-32-25(20-15-36-17(2)23(20)18-11-7-5-8-12-18)30-31-28(32)37-16-22(33)29-26-24(27(34)35-3)19-13-9-6-10-14-21(19)38-26/h5,7-8,11-12,15H,4,6,9-10,13-14,16H2,1-3H3,(H,29,33). The maximum Gasteiger partial charge on any atom is 0.341 e. The van der Waals surface area contributed by atoms with Gasteiger partial charge in [-0.15, -0.1) is 32.9 Å². The molecule has 1 N–H and O–H groups in total. The Morgan fingerprint density at radius 1 is 1.13 bits per heavy atom. The molecule has 0 atom stereocenters. The number of carbonyl (C=O) groups is 2. The zero-order valence-corrected chi connectivity index (χ0v) is 24.2. The number of aromatic nitrogens is 3. The second kappa shape index (κ2) is 11.8. The monoisotopic (exact) mass is 566 g/mol. The Hall–Kier alpha value is -2.95. The summed E-state index contributed by atoms with van der Waals surface area (Å²) in [6.07, 6.45) is 5.07. The molecule has 0 fully saturated rings. The first-order valence-electron chi connectivity index (χ1n) is 12.7. The Morgan fingerprint density at radius 2 is 1.92 bits per heavy atom. The van der Waals surface area contributed by atoms with Gasteiger partial charge in [0.25, 0.3) is 0 Å². The number of hydrogen-bond acceptors (Lipinski definition) is 8. The van der Waals surface area contributed by atoms with E-state index in [0.29, 0.717) is 22.3 Å². The van der Waals surface area contributed by atoms with Crippen LogP contribution < -0.4 is 5.32 Å². The van der Waals surface area contributed by atoms with Gasteiger partial charge >= 0.3 is 5.97 Å². The maximum atomic E-state index is 13.0. The largest absolute Gasteiger partial charge is 0.465 e. The molecule has 198 valence electrons. The highest BCUT2D eigenvalue weighted by Gasteiger charge is 2.27. The van der Waals surface area contributed by atoms with E-state index in [0.717, 1.165) is 54.6 Å². The van der Waals surface area contributed by atoms with Crippen LogP contribution in [0.15, 0.2) is 40.9 Å². The molecular weight excluding hydrogens is 537 g/mol. The van der Waals surface area contributed by atoms with Crippen molar-refractivity contribution >= 4 is 51.3 Å². The van der Waals surface area contributed by atoms with Gasteiger partial charge in [-0.1, -0.05) is 48.5 Å². The molecule has 1 aliphatic rings. The van der Waals surface area contributed by atoms with Gasteiger partial charge in [0.05, 0.1) is 18.4 Å². The topological polar surface area (TPSA) is 86.1 Å². The number of fused-ring (bicyclic) bond motifs is 1. The van der Waals surface area contributed by atoms with Crippen molar-refractivity contribution < 1.29 is 14.3 Å². The van der Waals surface area contributed by atoms with E-state index < -0.39 is 0 Å². The Morgan fingerprint density at radius 3 is 2.68 bits per heavy atom. The van der Waals surface area contributed by atoms with Crippen molar-refractivity contribution in [2.24, 2.45) is 0 Å². The number of carbonyl (C=O) groups excluding carboxylic acids is 2. The first-order chi connectivity index (χ1) is 18.5.